The van der Waals surface area contributed by atoms with E-state index in [2.05, 4.69) is 10.1 Å². The van der Waals surface area contributed by atoms with Crippen LogP contribution in [-0.2, 0) is 22.4 Å². The van der Waals surface area contributed by atoms with E-state index in [1.54, 1.807) is 6.07 Å². The molecular formula is C25H32FN3O4. The first-order chi connectivity index (χ1) is 16.1. The topological polar surface area (TPSA) is 68.0 Å². The molecule has 0 N–H and O–H groups in total. The van der Waals surface area contributed by atoms with Crippen molar-refractivity contribution < 1.29 is 23.2 Å². The predicted molar refractivity (Wildman–Crippen MR) is 119 cm³/mol. The van der Waals surface area contributed by atoms with Gasteiger partial charge in [0.25, 0.3) is 5.91 Å². The molecule has 0 aliphatic carbocycles. The van der Waals surface area contributed by atoms with Crippen LogP contribution < -0.4 is 0 Å². The molecule has 0 radical (unpaired) electrons. The number of likely N-dealkylation sites (tertiary alicyclic amines) is 1. The minimum absolute atomic E-state index is 0.0690. The Morgan fingerprint density at radius 1 is 1.09 bits per heavy atom. The number of hydrogen-bond donors (Lipinski definition) is 0. The lowest BCUT2D eigenvalue weighted by Crippen LogP contribution is -2.51. The first-order valence-electron chi connectivity index (χ1n) is 12.0. The van der Waals surface area contributed by atoms with Crippen molar-refractivity contribution in [2.75, 3.05) is 46.0 Å². The Hall–Kier alpha value is -2.29. The molecule has 7 nitrogen and oxygen atoms in total. The molecular weight excluding hydrogens is 425 g/mol. The van der Waals surface area contributed by atoms with E-state index in [1.165, 1.54) is 17.7 Å². The highest BCUT2D eigenvalue weighted by Gasteiger charge is 2.41. The summed E-state index contributed by atoms with van der Waals surface area (Å²) >= 11 is 0. The van der Waals surface area contributed by atoms with Crippen molar-refractivity contribution in [3.63, 3.8) is 0 Å². The van der Waals surface area contributed by atoms with Crippen LogP contribution in [0.2, 0.25) is 0 Å². The third-order valence-electron chi connectivity index (χ3n) is 7.26. The number of halogens is 1. The summed E-state index contributed by atoms with van der Waals surface area (Å²) in [5.41, 5.74) is 1.39. The van der Waals surface area contributed by atoms with E-state index in [1.807, 2.05) is 17.0 Å². The third-order valence-corrected chi connectivity index (χ3v) is 7.26. The molecule has 3 aliphatic heterocycles. The second kappa shape index (κ2) is 9.91. The van der Waals surface area contributed by atoms with Gasteiger partial charge < -0.3 is 18.9 Å². The van der Waals surface area contributed by atoms with Gasteiger partial charge >= 0.3 is 0 Å². The van der Waals surface area contributed by atoms with Crippen LogP contribution in [0.5, 0.6) is 0 Å². The molecule has 3 aliphatic rings. The summed E-state index contributed by atoms with van der Waals surface area (Å²) in [7, 11) is 0. The van der Waals surface area contributed by atoms with E-state index >= 15 is 0 Å². The van der Waals surface area contributed by atoms with E-state index in [4.69, 9.17) is 14.0 Å². The van der Waals surface area contributed by atoms with Gasteiger partial charge in [0, 0.05) is 38.9 Å². The highest BCUT2D eigenvalue weighted by molar-refractivity contribution is 5.92. The molecule has 1 aromatic carbocycles. The zero-order valence-electron chi connectivity index (χ0n) is 19.0. The summed E-state index contributed by atoms with van der Waals surface area (Å²) < 4.78 is 30.3. The number of ether oxygens (including phenoxy) is 2. The number of benzene rings is 1. The largest absolute Gasteiger partial charge is 0.379 e. The molecule has 1 atom stereocenters. The number of piperidine rings is 1. The number of aromatic nitrogens is 1. The van der Waals surface area contributed by atoms with Crippen molar-refractivity contribution in [1.29, 1.82) is 0 Å². The normalized spacial score (nSPS) is 23.7. The van der Waals surface area contributed by atoms with Crippen LogP contribution >= 0.6 is 0 Å². The molecule has 8 heteroatoms. The molecule has 1 unspecified atom stereocenters. The number of morpholine rings is 1. The monoisotopic (exact) mass is 457 g/mol. The van der Waals surface area contributed by atoms with Gasteiger partial charge in [0.05, 0.1) is 25.4 Å². The average molecular weight is 458 g/mol. The average Bonchev–Trinajstić information content (AvgIpc) is 3.30. The van der Waals surface area contributed by atoms with E-state index in [9.17, 15) is 9.18 Å². The highest BCUT2D eigenvalue weighted by Crippen LogP contribution is 2.39. The summed E-state index contributed by atoms with van der Waals surface area (Å²) in [5, 5.41) is 4.04. The molecule has 0 saturated carbocycles. The molecule has 3 fully saturated rings. The maximum absolute atomic E-state index is 13.2. The summed E-state index contributed by atoms with van der Waals surface area (Å²) in [6.45, 7) is 5.89. The van der Waals surface area contributed by atoms with Gasteiger partial charge in [-0.1, -0.05) is 17.3 Å². The molecule has 1 amide bonds. The van der Waals surface area contributed by atoms with Crippen LogP contribution in [0.25, 0.3) is 0 Å². The number of rotatable bonds is 5. The Morgan fingerprint density at radius 2 is 1.85 bits per heavy atom. The lowest BCUT2D eigenvalue weighted by molar-refractivity contribution is -0.123. The number of nitrogens with zero attached hydrogens (tertiary/aromatic N) is 3. The number of hydrogen-bond acceptors (Lipinski definition) is 6. The van der Waals surface area contributed by atoms with Gasteiger partial charge in [-0.05, 0) is 55.7 Å². The Bertz CT molecular complexity index is 933. The first-order valence-corrected chi connectivity index (χ1v) is 12.0. The number of carbonyl (C=O) groups is 1. The molecule has 33 heavy (non-hydrogen) atoms. The Morgan fingerprint density at radius 3 is 2.61 bits per heavy atom. The first kappa shape index (κ1) is 22.5. The lowest BCUT2D eigenvalue weighted by atomic mass is 9.77. The SMILES string of the molecule is O=C(c1cc(CN2CCOCC2)on1)N1CCC2(CC1)CC(Cc1ccc(F)cc1)CCO2. The Balaban J connectivity index is 1.14. The summed E-state index contributed by atoms with van der Waals surface area (Å²) in [5.74, 6) is 0.970. The zero-order chi connectivity index (χ0) is 22.7. The fourth-order valence-electron chi connectivity index (χ4n) is 5.35. The maximum Gasteiger partial charge on any atom is 0.276 e. The summed E-state index contributed by atoms with van der Waals surface area (Å²) in [6, 6.07) is 8.60. The fraction of sp³-hybridized carbons (Fsp3) is 0.600. The Kier molecular flexibility index (Phi) is 6.76. The van der Waals surface area contributed by atoms with E-state index in [0.29, 0.717) is 37.0 Å². The van der Waals surface area contributed by atoms with Crippen LogP contribution in [0.3, 0.4) is 0 Å². The molecule has 178 valence electrons. The minimum atomic E-state index is -0.195. The molecule has 3 saturated heterocycles. The van der Waals surface area contributed by atoms with E-state index in [-0.39, 0.29) is 17.3 Å². The minimum Gasteiger partial charge on any atom is -0.379 e. The van der Waals surface area contributed by atoms with Crippen molar-refractivity contribution in [1.82, 2.24) is 15.0 Å². The Labute approximate surface area is 193 Å². The van der Waals surface area contributed by atoms with Crippen LogP contribution in [0, 0.1) is 11.7 Å². The van der Waals surface area contributed by atoms with E-state index < -0.39 is 0 Å². The van der Waals surface area contributed by atoms with Crippen molar-refractivity contribution in [2.45, 2.75) is 44.2 Å². The van der Waals surface area contributed by atoms with Crippen LogP contribution in [0.4, 0.5) is 4.39 Å². The van der Waals surface area contributed by atoms with Gasteiger partial charge in [0.2, 0.25) is 0 Å². The quantitative estimate of drug-likeness (QED) is 0.687. The summed E-state index contributed by atoms with van der Waals surface area (Å²) in [4.78, 5) is 17.1. The number of carbonyl (C=O) groups excluding carboxylic acids is 1. The zero-order valence-corrected chi connectivity index (χ0v) is 19.0. The van der Waals surface area contributed by atoms with Crippen molar-refractivity contribution in [2.24, 2.45) is 5.92 Å². The molecule has 2 aromatic rings. The van der Waals surface area contributed by atoms with Gasteiger partial charge in [0.1, 0.15) is 5.82 Å². The van der Waals surface area contributed by atoms with Crippen LogP contribution in [0.1, 0.15) is 47.5 Å². The predicted octanol–water partition coefficient (Wildman–Crippen LogP) is 3.29. The molecule has 1 spiro atoms. The molecule has 5 rings (SSSR count). The van der Waals surface area contributed by atoms with E-state index in [0.717, 1.165) is 65.0 Å². The van der Waals surface area contributed by atoms with Crippen LogP contribution in [-0.4, -0.2) is 72.5 Å². The highest BCUT2D eigenvalue weighted by atomic mass is 19.1. The van der Waals surface area contributed by atoms with Crippen molar-refractivity contribution >= 4 is 5.91 Å². The number of amides is 1. The summed E-state index contributed by atoms with van der Waals surface area (Å²) in [6.07, 6.45) is 4.61. The smallest absolute Gasteiger partial charge is 0.276 e. The van der Waals surface area contributed by atoms with Gasteiger partial charge in [0.15, 0.2) is 11.5 Å². The van der Waals surface area contributed by atoms with Gasteiger partial charge in [-0.3, -0.25) is 9.69 Å². The van der Waals surface area contributed by atoms with Gasteiger partial charge in [-0.25, -0.2) is 4.39 Å². The molecule has 4 heterocycles. The van der Waals surface area contributed by atoms with Crippen LogP contribution in [0.15, 0.2) is 34.9 Å². The van der Waals surface area contributed by atoms with Crippen molar-refractivity contribution in [3.05, 3.63) is 53.2 Å². The standard InChI is InChI=1S/C25H32FN3O4/c26-21-3-1-19(2-4-21)15-20-5-12-32-25(17-20)6-8-29(9-7-25)24(30)23-16-22(33-27-23)18-28-10-13-31-14-11-28/h1-4,16,20H,5-15,17-18H2. The third kappa shape index (κ3) is 5.45. The molecule has 1 aromatic heterocycles. The fourth-order valence-corrected chi connectivity index (χ4v) is 5.35. The second-order valence-corrected chi connectivity index (χ2v) is 9.58. The maximum atomic E-state index is 13.2. The lowest BCUT2D eigenvalue weighted by Gasteiger charge is -2.46. The van der Waals surface area contributed by atoms with Crippen molar-refractivity contribution in [3.8, 4) is 0 Å². The van der Waals surface area contributed by atoms with Gasteiger partial charge in [-0.2, -0.15) is 0 Å². The molecule has 0 bridgehead atoms. The second-order valence-electron chi connectivity index (χ2n) is 9.58. The van der Waals surface area contributed by atoms with Gasteiger partial charge in [-0.15, -0.1) is 0 Å².